The van der Waals surface area contributed by atoms with Crippen LogP contribution in [0, 0.1) is 18.6 Å². The minimum atomic E-state index is -3.60. The summed E-state index contributed by atoms with van der Waals surface area (Å²) in [6.45, 7) is 3.97. The maximum atomic E-state index is 14.5. The molecule has 3 aromatic carbocycles. The van der Waals surface area contributed by atoms with Gasteiger partial charge in [-0.2, -0.15) is 0 Å². The Balaban J connectivity index is 1.92. The molecule has 204 valence electrons. The molecule has 0 aliphatic rings. The first-order valence-corrected chi connectivity index (χ1v) is 13.9. The monoisotopic (exact) mass is 553 g/mol. The number of H-pyrrole nitrogens is 1. The highest BCUT2D eigenvalue weighted by molar-refractivity contribution is 7.92. The standard InChI is InChI=1S/C29H29F2N3O4S/c1-5-39(36,37)33-22-11-13-26(38-27-12-10-21(30)14-25(27)31)24(15-22)29-18(2)32-28(35)16-23(29)20-8-6-19(7-9-20)17-34(3)4/h6-16,33H,5,17H2,1-4H3,(H,32,35). The lowest BCUT2D eigenvalue weighted by Gasteiger charge is -2.19. The molecule has 0 bridgehead atoms. The minimum absolute atomic E-state index is 0.135. The zero-order valence-corrected chi connectivity index (χ0v) is 22.8. The van der Waals surface area contributed by atoms with Crippen molar-refractivity contribution in [2.24, 2.45) is 0 Å². The number of pyridine rings is 1. The van der Waals surface area contributed by atoms with Crippen LogP contribution in [0.4, 0.5) is 14.5 Å². The molecular formula is C29H29F2N3O4S. The Hall–Kier alpha value is -4.02. The van der Waals surface area contributed by atoms with E-state index in [9.17, 15) is 22.0 Å². The van der Waals surface area contributed by atoms with E-state index in [1.165, 1.54) is 31.2 Å². The summed E-state index contributed by atoms with van der Waals surface area (Å²) in [6, 6.07) is 16.7. The van der Waals surface area contributed by atoms with E-state index >= 15 is 0 Å². The predicted molar refractivity (Wildman–Crippen MR) is 150 cm³/mol. The molecule has 0 saturated heterocycles. The van der Waals surface area contributed by atoms with Crippen molar-refractivity contribution in [1.82, 2.24) is 9.88 Å². The molecule has 0 saturated carbocycles. The third kappa shape index (κ3) is 6.71. The first-order valence-electron chi connectivity index (χ1n) is 12.2. The largest absolute Gasteiger partial charge is 0.454 e. The lowest BCUT2D eigenvalue weighted by atomic mass is 9.92. The molecule has 4 aromatic rings. The fourth-order valence-corrected chi connectivity index (χ4v) is 4.85. The van der Waals surface area contributed by atoms with Crippen molar-refractivity contribution >= 4 is 15.7 Å². The van der Waals surface area contributed by atoms with Gasteiger partial charge < -0.3 is 14.6 Å². The fourth-order valence-electron chi connectivity index (χ4n) is 4.22. The van der Waals surface area contributed by atoms with E-state index in [4.69, 9.17) is 4.74 Å². The molecule has 39 heavy (non-hydrogen) atoms. The highest BCUT2D eigenvalue weighted by Crippen LogP contribution is 2.42. The van der Waals surface area contributed by atoms with E-state index in [1.807, 2.05) is 43.3 Å². The van der Waals surface area contributed by atoms with Crippen molar-refractivity contribution in [2.75, 3.05) is 24.6 Å². The summed E-state index contributed by atoms with van der Waals surface area (Å²) in [5, 5.41) is 0. The highest BCUT2D eigenvalue weighted by Gasteiger charge is 2.20. The van der Waals surface area contributed by atoms with Crippen molar-refractivity contribution in [3.05, 3.63) is 100.0 Å². The van der Waals surface area contributed by atoms with Crippen LogP contribution in [0.5, 0.6) is 11.5 Å². The van der Waals surface area contributed by atoms with Gasteiger partial charge in [0, 0.05) is 41.2 Å². The molecule has 0 aliphatic carbocycles. The second kappa shape index (κ2) is 11.4. The predicted octanol–water partition coefficient (Wildman–Crippen LogP) is 5.91. The Morgan fingerprint density at radius 3 is 2.26 bits per heavy atom. The number of nitrogens with one attached hydrogen (secondary N) is 2. The number of rotatable bonds is 9. The molecular weight excluding hydrogens is 524 g/mol. The summed E-state index contributed by atoms with van der Waals surface area (Å²) in [6.07, 6.45) is 0. The molecule has 1 heterocycles. The number of nitrogens with zero attached hydrogens (tertiary/aromatic N) is 1. The third-order valence-corrected chi connectivity index (χ3v) is 7.32. The molecule has 0 aliphatic heterocycles. The maximum absolute atomic E-state index is 14.5. The van der Waals surface area contributed by atoms with Gasteiger partial charge in [0.2, 0.25) is 15.6 Å². The van der Waals surface area contributed by atoms with Crippen LogP contribution in [-0.2, 0) is 16.6 Å². The second-order valence-corrected chi connectivity index (χ2v) is 11.4. The van der Waals surface area contributed by atoms with E-state index in [0.717, 1.165) is 23.7 Å². The van der Waals surface area contributed by atoms with E-state index in [2.05, 4.69) is 9.71 Å². The lowest BCUT2D eigenvalue weighted by Crippen LogP contribution is -2.14. The number of hydrogen-bond acceptors (Lipinski definition) is 5. The SMILES string of the molecule is CCS(=O)(=O)Nc1ccc(Oc2ccc(F)cc2F)c(-c2c(-c3ccc(CN(C)C)cc3)cc(=O)[nH]c2C)c1. The van der Waals surface area contributed by atoms with Crippen LogP contribution in [0.25, 0.3) is 22.3 Å². The Bertz CT molecular complexity index is 1670. The van der Waals surface area contributed by atoms with E-state index in [-0.39, 0.29) is 28.5 Å². The van der Waals surface area contributed by atoms with Crippen molar-refractivity contribution in [3.63, 3.8) is 0 Å². The number of hydrogen-bond donors (Lipinski definition) is 2. The van der Waals surface area contributed by atoms with Crippen molar-refractivity contribution in [3.8, 4) is 33.8 Å². The average molecular weight is 554 g/mol. The molecule has 1 aromatic heterocycles. The van der Waals surface area contributed by atoms with Crippen LogP contribution in [-0.4, -0.2) is 38.1 Å². The zero-order valence-electron chi connectivity index (χ0n) is 22.0. The summed E-state index contributed by atoms with van der Waals surface area (Å²) in [4.78, 5) is 17.4. The zero-order chi connectivity index (χ0) is 28.3. The number of halogens is 2. The van der Waals surface area contributed by atoms with Crippen molar-refractivity contribution in [1.29, 1.82) is 0 Å². The van der Waals surface area contributed by atoms with Crippen LogP contribution < -0.4 is 15.0 Å². The van der Waals surface area contributed by atoms with Gasteiger partial charge in [-0.05, 0) is 75.0 Å². The van der Waals surface area contributed by atoms with Crippen molar-refractivity contribution in [2.45, 2.75) is 20.4 Å². The molecule has 2 N–H and O–H groups in total. The lowest BCUT2D eigenvalue weighted by molar-refractivity contribution is 0.402. The van der Waals surface area contributed by atoms with Gasteiger partial charge in [-0.25, -0.2) is 17.2 Å². The molecule has 0 amide bonds. The van der Waals surface area contributed by atoms with Gasteiger partial charge in [-0.1, -0.05) is 24.3 Å². The summed E-state index contributed by atoms with van der Waals surface area (Å²) >= 11 is 0. The Morgan fingerprint density at radius 2 is 1.62 bits per heavy atom. The fraction of sp³-hybridized carbons (Fsp3) is 0.207. The number of sulfonamides is 1. The molecule has 0 fully saturated rings. The third-order valence-electron chi connectivity index (χ3n) is 6.01. The number of aryl methyl sites for hydroxylation is 1. The van der Waals surface area contributed by atoms with Crippen LogP contribution in [0.1, 0.15) is 18.2 Å². The topological polar surface area (TPSA) is 91.5 Å². The van der Waals surface area contributed by atoms with E-state index in [0.29, 0.717) is 28.5 Å². The van der Waals surface area contributed by atoms with Crippen LogP contribution in [0.2, 0.25) is 0 Å². The number of benzene rings is 3. The van der Waals surface area contributed by atoms with Crippen LogP contribution in [0.3, 0.4) is 0 Å². The van der Waals surface area contributed by atoms with E-state index < -0.39 is 21.7 Å². The summed E-state index contributed by atoms with van der Waals surface area (Å²) in [7, 11) is 0.336. The highest BCUT2D eigenvalue weighted by atomic mass is 32.2. The molecule has 10 heteroatoms. The number of ether oxygens (including phenoxy) is 1. The Morgan fingerprint density at radius 1 is 0.923 bits per heavy atom. The Labute approximate surface area is 226 Å². The quantitative estimate of drug-likeness (QED) is 0.269. The molecule has 0 spiro atoms. The average Bonchev–Trinajstić information content (AvgIpc) is 2.86. The van der Waals surface area contributed by atoms with Crippen LogP contribution in [0.15, 0.2) is 71.5 Å². The minimum Gasteiger partial charge on any atom is -0.454 e. The molecule has 4 rings (SSSR count). The van der Waals surface area contributed by atoms with Gasteiger partial charge >= 0.3 is 0 Å². The molecule has 0 radical (unpaired) electrons. The second-order valence-electron chi connectivity index (χ2n) is 9.38. The number of aromatic nitrogens is 1. The molecule has 0 atom stereocenters. The Kier molecular flexibility index (Phi) is 8.17. The van der Waals surface area contributed by atoms with Gasteiger partial charge in [0.25, 0.3) is 0 Å². The normalized spacial score (nSPS) is 11.6. The number of aromatic amines is 1. The van der Waals surface area contributed by atoms with Gasteiger partial charge in [0.1, 0.15) is 11.6 Å². The van der Waals surface area contributed by atoms with Gasteiger partial charge in [0.15, 0.2) is 11.6 Å². The number of anilines is 1. The first-order chi connectivity index (χ1) is 18.5. The summed E-state index contributed by atoms with van der Waals surface area (Å²) < 4.78 is 61.0. The molecule has 7 nitrogen and oxygen atoms in total. The smallest absolute Gasteiger partial charge is 0.248 e. The first kappa shape index (κ1) is 28.0. The van der Waals surface area contributed by atoms with Crippen LogP contribution >= 0.6 is 0 Å². The summed E-state index contributed by atoms with van der Waals surface area (Å²) in [5.41, 5.74) is 3.80. The van der Waals surface area contributed by atoms with Crippen molar-refractivity contribution < 1.29 is 21.9 Å². The van der Waals surface area contributed by atoms with E-state index in [1.54, 1.807) is 13.0 Å². The summed E-state index contributed by atoms with van der Waals surface area (Å²) in [5.74, 6) is -1.81. The van der Waals surface area contributed by atoms with Gasteiger partial charge in [-0.15, -0.1) is 0 Å². The molecule has 0 unspecified atom stereocenters. The van der Waals surface area contributed by atoms with Gasteiger partial charge in [0.05, 0.1) is 5.75 Å². The maximum Gasteiger partial charge on any atom is 0.248 e. The van der Waals surface area contributed by atoms with Gasteiger partial charge in [-0.3, -0.25) is 9.52 Å².